The zero-order chi connectivity index (χ0) is 14.1. The monoisotopic (exact) mass is 284 g/mol. The van der Waals surface area contributed by atoms with Crippen molar-refractivity contribution in [2.45, 2.75) is 52.0 Å². The van der Waals surface area contributed by atoms with Crippen LogP contribution in [0.2, 0.25) is 0 Å². The van der Waals surface area contributed by atoms with Gasteiger partial charge in [0, 0.05) is 13.1 Å². The zero-order valence-corrected chi connectivity index (χ0v) is 12.4. The van der Waals surface area contributed by atoms with E-state index >= 15 is 0 Å². The lowest BCUT2D eigenvalue weighted by molar-refractivity contribution is 0.414. The second-order valence-electron chi connectivity index (χ2n) is 4.60. The van der Waals surface area contributed by atoms with Gasteiger partial charge in [-0.25, -0.2) is 0 Å². The summed E-state index contributed by atoms with van der Waals surface area (Å²) in [5, 5.41) is 9.88. The van der Waals surface area contributed by atoms with Gasteiger partial charge in [-0.1, -0.05) is 50.0 Å². The lowest BCUT2D eigenvalue weighted by Crippen LogP contribution is -2.18. The molecule has 0 unspecified atom stereocenters. The molecule has 0 amide bonds. The van der Waals surface area contributed by atoms with Crippen LogP contribution in [0.1, 0.15) is 50.3 Å². The van der Waals surface area contributed by atoms with Gasteiger partial charge in [-0.3, -0.25) is 9.36 Å². The summed E-state index contributed by atoms with van der Waals surface area (Å²) in [5.41, 5.74) is 5.40. The van der Waals surface area contributed by atoms with Gasteiger partial charge in [-0.05, 0) is 18.9 Å². The molecule has 0 fully saturated rings. The van der Waals surface area contributed by atoms with Gasteiger partial charge in [-0.2, -0.15) is 0 Å². The van der Waals surface area contributed by atoms with Crippen molar-refractivity contribution >= 4 is 17.4 Å². The molecule has 0 bridgehead atoms. The molecule has 5 heteroatoms. The first-order valence-corrected chi connectivity index (χ1v) is 7.81. The first-order valence-electron chi connectivity index (χ1n) is 7.00. The number of hydrogen-bond acceptors (Lipinski definition) is 4. The molecule has 0 spiro atoms. The summed E-state index contributed by atoms with van der Waals surface area (Å²) < 4.78 is 1.32. The highest BCUT2D eigenvalue weighted by Crippen LogP contribution is 2.21. The highest BCUT2D eigenvalue weighted by molar-refractivity contribution is 7.10. The van der Waals surface area contributed by atoms with Crippen LogP contribution >= 0.6 is 11.3 Å². The molecule has 3 N–H and O–H groups in total. The molecule has 0 aliphatic rings. The van der Waals surface area contributed by atoms with Crippen molar-refractivity contribution in [3.05, 3.63) is 20.6 Å². The Bertz CT molecular complexity index is 449. The highest BCUT2D eigenvalue weighted by atomic mass is 32.1. The molecule has 0 radical (unpaired) electrons. The molecule has 1 aromatic rings. The molecular formula is C14H24N2O2S. The van der Waals surface area contributed by atoms with Gasteiger partial charge in [0.25, 0.3) is 0 Å². The topological polar surface area (TPSA) is 68.2 Å². The minimum atomic E-state index is -0.148. The Hall–Kier alpha value is -1.07. The van der Waals surface area contributed by atoms with Gasteiger partial charge in [0.2, 0.25) is 5.88 Å². The third-order valence-corrected chi connectivity index (χ3v) is 3.92. The smallest absolute Gasteiger partial charge is 0.310 e. The van der Waals surface area contributed by atoms with E-state index in [1.165, 1.54) is 30.3 Å². The lowest BCUT2D eigenvalue weighted by atomic mass is 10.1. The largest absolute Gasteiger partial charge is 0.493 e. The number of rotatable bonds is 9. The summed E-state index contributed by atoms with van der Waals surface area (Å²) in [6.45, 7) is 2.92. The van der Waals surface area contributed by atoms with Crippen LogP contribution in [0, 0.1) is 0 Å². The molecule has 1 rings (SSSR count). The molecule has 0 aliphatic carbocycles. The van der Waals surface area contributed by atoms with E-state index in [9.17, 15) is 9.90 Å². The first kappa shape index (κ1) is 16.0. The summed E-state index contributed by atoms with van der Waals surface area (Å²) in [7, 11) is 0. The molecular weight excluding hydrogens is 260 g/mol. The summed E-state index contributed by atoms with van der Waals surface area (Å²) in [4.78, 5) is 12.1. The van der Waals surface area contributed by atoms with Crippen molar-refractivity contribution < 1.29 is 5.11 Å². The molecule has 108 valence electrons. The Morgan fingerprint density at radius 3 is 2.74 bits per heavy atom. The van der Waals surface area contributed by atoms with Crippen molar-refractivity contribution in [2.75, 3.05) is 6.54 Å². The maximum atomic E-state index is 11.6. The van der Waals surface area contributed by atoms with Crippen molar-refractivity contribution in [1.82, 2.24) is 4.57 Å². The predicted molar refractivity (Wildman–Crippen MR) is 81.7 cm³/mol. The SMILES string of the molecule is CCCCCCC/C=C/c1sc(=O)n(CCN)c1O. The van der Waals surface area contributed by atoms with Gasteiger partial charge >= 0.3 is 4.87 Å². The molecule has 0 aromatic carbocycles. The summed E-state index contributed by atoms with van der Waals surface area (Å²) in [6, 6.07) is 0. The van der Waals surface area contributed by atoms with E-state index in [4.69, 9.17) is 5.73 Å². The Morgan fingerprint density at radius 2 is 2.05 bits per heavy atom. The van der Waals surface area contributed by atoms with E-state index in [0.29, 0.717) is 18.0 Å². The number of aromatic nitrogens is 1. The molecule has 0 saturated heterocycles. The Kier molecular flexibility index (Phi) is 7.52. The number of nitrogens with zero attached hydrogens (tertiary/aromatic N) is 1. The van der Waals surface area contributed by atoms with Crippen LogP contribution < -0.4 is 10.6 Å². The second-order valence-corrected chi connectivity index (χ2v) is 5.59. The van der Waals surface area contributed by atoms with Crippen molar-refractivity contribution in [1.29, 1.82) is 0 Å². The van der Waals surface area contributed by atoms with Gasteiger partial charge in [0.05, 0.1) is 4.88 Å². The van der Waals surface area contributed by atoms with Gasteiger partial charge in [0.1, 0.15) is 0 Å². The quantitative estimate of drug-likeness (QED) is 0.685. The zero-order valence-electron chi connectivity index (χ0n) is 11.6. The molecule has 0 saturated carbocycles. The molecule has 19 heavy (non-hydrogen) atoms. The minimum absolute atomic E-state index is 0.0442. The molecule has 0 atom stereocenters. The van der Waals surface area contributed by atoms with E-state index in [-0.39, 0.29) is 10.8 Å². The minimum Gasteiger partial charge on any atom is -0.493 e. The normalized spacial score (nSPS) is 11.5. The fourth-order valence-corrected chi connectivity index (χ4v) is 2.75. The van der Waals surface area contributed by atoms with Crippen LogP contribution in [0.4, 0.5) is 0 Å². The number of unbranched alkanes of at least 4 members (excludes halogenated alkanes) is 5. The Morgan fingerprint density at radius 1 is 1.32 bits per heavy atom. The second kappa shape index (κ2) is 8.93. The van der Waals surface area contributed by atoms with Crippen molar-refractivity contribution in [2.24, 2.45) is 5.73 Å². The van der Waals surface area contributed by atoms with Crippen molar-refractivity contribution in [3.63, 3.8) is 0 Å². The molecule has 0 aliphatic heterocycles. The van der Waals surface area contributed by atoms with Gasteiger partial charge < -0.3 is 10.8 Å². The lowest BCUT2D eigenvalue weighted by Gasteiger charge is -1.99. The number of nitrogens with two attached hydrogens (primary N) is 1. The van der Waals surface area contributed by atoms with E-state index in [2.05, 4.69) is 6.92 Å². The van der Waals surface area contributed by atoms with Crippen LogP contribution in [-0.4, -0.2) is 16.2 Å². The summed E-state index contributed by atoms with van der Waals surface area (Å²) in [6.07, 6.45) is 11.1. The third kappa shape index (κ3) is 5.20. The fraction of sp³-hybridized carbons (Fsp3) is 0.643. The number of allylic oxidation sites excluding steroid dienone is 1. The average Bonchev–Trinajstić information content (AvgIpc) is 2.66. The molecule has 4 nitrogen and oxygen atoms in total. The third-order valence-electron chi connectivity index (χ3n) is 2.99. The molecule has 1 heterocycles. The van der Waals surface area contributed by atoms with E-state index < -0.39 is 0 Å². The summed E-state index contributed by atoms with van der Waals surface area (Å²) >= 11 is 1.07. The first-order chi connectivity index (χ1) is 9.20. The number of hydrogen-bond donors (Lipinski definition) is 2. The van der Waals surface area contributed by atoms with Crippen LogP contribution in [0.5, 0.6) is 5.88 Å². The maximum absolute atomic E-state index is 11.6. The van der Waals surface area contributed by atoms with Gasteiger partial charge in [0.15, 0.2) is 0 Å². The maximum Gasteiger partial charge on any atom is 0.310 e. The average molecular weight is 284 g/mol. The van der Waals surface area contributed by atoms with Gasteiger partial charge in [-0.15, -0.1) is 0 Å². The fourth-order valence-electron chi connectivity index (χ4n) is 1.91. The number of thiazole rings is 1. The van der Waals surface area contributed by atoms with Crippen LogP contribution in [0.15, 0.2) is 10.9 Å². The van der Waals surface area contributed by atoms with E-state index in [1.54, 1.807) is 0 Å². The van der Waals surface area contributed by atoms with E-state index in [1.807, 2.05) is 12.2 Å². The van der Waals surface area contributed by atoms with Crippen LogP contribution in [0.3, 0.4) is 0 Å². The molecule has 1 aromatic heterocycles. The van der Waals surface area contributed by atoms with Crippen LogP contribution in [-0.2, 0) is 6.54 Å². The highest BCUT2D eigenvalue weighted by Gasteiger charge is 2.10. The standard InChI is InChI=1S/C14H24N2O2S/c1-2-3-4-5-6-7-8-9-12-13(17)16(11-10-15)14(18)19-12/h8-9,17H,2-7,10-11,15H2,1H3/b9-8+. The van der Waals surface area contributed by atoms with E-state index in [0.717, 1.165) is 24.2 Å². The van der Waals surface area contributed by atoms with Crippen molar-refractivity contribution in [3.8, 4) is 5.88 Å². The number of aromatic hydroxyl groups is 1. The predicted octanol–water partition coefficient (Wildman–Crippen LogP) is 2.95. The Balaban J connectivity index is 2.44. The summed E-state index contributed by atoms with van der Waals surface area (Å²) in [5.74, 6) is 0.0442. The van der Waals surface area contributed by atoms with Crippen LogP contribution in [0.25, 0.3) is 6.08 Å². The Labute approximate surface area is 118 Å².